The van der Waals surface area contributed by atoms with Gasteiger partial charge in [-0.05, 0) is 5.41 Å². The molecule has 1 saturated carbocycles. The normalized spacial score (nSPS) is 15.5. The highest BCUT2D eigenvalue weighted by atomic mass is 16.4. The van der Waals surface area contributed by atoms with Crippen LogP contribution in [0, 0.1) is 5.41 Å². The summed E-state index contributed by atoms with van der Waals surface area (Å²) >= 11 is 0. The van der Waals surface area contributed by atoms with E-state index >= 15 is 0 Å². The second kappa shape index (κ2) is 14.0. The maximum absolute atomic E-state index is 10.8. The first-order valence-electron chi connectivity index (χ1n) is 7.68. The molecule has 1 amide bonds. The third kappa shape index (κ3) is 15.3. The van der Waals surface area contributed by atoms with E-state index in [1.165, 1.54) is 38.5 Å². The Morgan fingerprint density at radius 2 is 1.48 bits per heavy atom. The molecule has 0 aromatic heterocycles. The summed E-state index contributed by atoms with van der Waals surface area (Å²) in [5, 5.41) is 2.52. The van der Waals surface area contributed by atoms with E-state index in [1.807, 2.05) is 20.8 Å². The van der Waals surface area contributed by atoms with E-state index in [0.29, 0.717) is 0 Å². The van der Waals surface area contributed by atoms with Crippen LogP contribution in [0.3, 0.4) is 0 Å². The van der Waals surface area contributed by atoms with E-state index < -0.39 is 6.04 Å². The van der Waals surface area contributed by atoms with Gasteiger partial charge in [0.15, 0.2) is 0 Å². The van der Waals surface area contributed by atoms with Crippen molar-refractivity contribution in [2.24, 2.45) is 11.1 Å². The minimum atomic E-state index is -0.464. The third-order valence-corrected chi connectivity index (χ3v) is 3.07. The van der Waals surface area contributed by atoms with E-state index in [-0.39, 0.29) is 17.9 Å². The predicted octanol–water partition coefficient (Wildman–Crippen LogP) is 2.28. The van der Waals surface area contributed by atoms with Crippen LogP contribution in [0.25, 0.3) is 0 Å². The van der Waals surface area contributed by atoms with Gasteiger partial charge in [-0.15, -0.1) is 0 Å². The number of aldehydes is 1. The second-order valence-corrected chi connectivity index (χ2v) is 6.28. The maximum Gasteiger partial charge on any atom is 0.234 e. The fourth-order valence-electron chi connectivity index (χ4n) is 1.75. The van der Waals surface area contributed by atoms with Crippen molar-refractivity contribution in [3.05, 3.63) is 0 Å². The van der Waals surface area contributed by atoms with Gasteiger partial charge in [0.25, 0.3) is 0 Å². The van der Waals surface area contributed by atoms with Crippen LogP contribution < -0.4 is 11.1 Å². The van der Waals surface area contributed by atoms with Crippen LogP contribution in [0.5, 0.6) is 0 Å². The van der Waals surface area contributed by atoms with Gasteiger partial charge in [0.1, 0.15) is 6.29 Å². The zero-order valence-electron chi connectivity index (χ0n) is 14.4. The van der Waals surface area contributed by atoms with Crippen molar-refractivity contribution in [2.75, 3.05) is 20.8 Å². The van der Waals surface area contributed by atoms with Crippen LogP contribution in [0.4, 0.5) is 0 Å². The summed E-state index contributed by atoms with van der Waals surface area (Å²) < 4.78 is 4.25. The predicted molar refractivity (Wildman–Crippen MR) is 87.1 cm³/mol. The quantitative estimate of drug-likeness (QED) is 0.784. The van der Waals surface area contributed by atoms with Gasteiger partial charge in [-0.2, -0.15) is 0 Å². The number of methoxy groups -OCH3 is 1. The number of hydrogen-bond donors (Lipinski definition) is 2. The molecule has 1 rings (SSSR count). The summed E-state index contributed by atoms with van der Waals surface area (Å²) in [6.45, 7) is 5.55. The highest BCUT2D eigenvalue weighted by Gasteiger charge is 2.24. The Bertz CT molecular complexity index is 247. The molecule has 0 saturated heterocycles. The molecule has 126 valence electrons. The summed E-state index contributed by atoms with van der Waals surface area (Å²) in [6, 6.07) is -0.464. The number of rotatable bonds is 3. The molecular formula is C16H34N2O3. The Morgan fingerprint density at radius 1 is 1.14 bits per heavy atom. The molecule has 0 aromatic carbocycles. The number of hydrogen-bond acceptors (Lipinski definition) is 4. The van der Waals surface area contributed by atoms with Gasteiger partial charge in [-0.3, -0.25) is 4.79 Å². The molecule has 3 N–H and O–H groups in total. The number of ether oxygens (including phenoxy) is 1. The van der Waals surface area contributed by atoms with E-state index in [1.54, 1.807) is 14.2 Å². The molecule has 1 aliphatic rings. The van der Waals surface area contributed by atoms with Crippen molar-refractivity contribution >= 4 is 12.2 Å². The fourth-order valence-corrected chi connectivity index (χ4v) is 1.75. The average molecular weight is 302 g/mol. The zero-order valence-corrected chi connectivity index (χ0v) is 14.4. The Labute approximate surface area is 130 Å². The fraction of sp³-hybridized carbons (Fsp3) is 0.875. The summed E-state index contributed by atoms with van der Waals surface area (Å²) in [4.78, 5) is 21.4. The zero-order chi connectivity index (χ0) is 16.7. The standard InChI is InChI=1S/C8H16N2O2.C6H12.C2H6O/c1-8(2,3)6(5-11)10-7(12)4-9;1-2-4-6-5-3-1;1-3-2/h5-6H,4,9H2,1-3H3,(H,10,12);1-6H2;1-2H3. The van der Waals surface area contributed by atoms with Crippen molar-refractivity contribution in [1.82, 2.24) is 5.32 Å². The molecule has 0 aliphatic heterocycles. The lowest BCUT2D eigenvalue weighted by atomic mass is 9.88. The molecule has 5 heteroatoms. The number of carbonyl (C=O) groups excluding carboxylic acids is 2. The van der Waals surface area contributed by atoms with Gasteiger partial charge in [0.2, 0.25) is 5.91 Å². The van der Waals surface area contributed by atoms with Gasteiger partial charge in [-0.25, -0.2) is 0 Å². The van der Waals surface area contributed by atoms with Crippen LogP contribution in [0.15, 0.2) is 0 Å². The first-order valence-corrected chi connectivity index (χ1v) is 7.68. The highest BCUT2D eigenvalue weighted by molar-refractivity contribution is 5.81. The Hall–Kier alpha value is -0.940. The molecule has 1 atom stereocenters. The molecule has 21 heavy (non-hydrogen) atoms. The summed E-state index contributed by atoms with van der Waals surface area (Å²) in [5.41, 5.74) is 4.83. The first-order chi connectivity index (χ1) is 9.83. The highest BCUT2D eigenvalue weighted by Crippen LogP contribution is 2.17. The average Bonchev–Trinajstić information content (AvgIpc) is 2.46. The number of carbonyl (C=O) groups is 2. The lowest BCUT2D eigenvalue weighted by Gasteiger charge is -2.26. The SMILES string of the molecule is C1CCCCC1.CC(C)(C)C(C=O)NC(=O)CN.COC. The molecule has 0 bridgehead atoms. The van der Waals surface area contributed by atoms with Crippen LogP contribution in [-0.2, 0) is 14.3 Å². The van der Waals surface area contributed by atoms with Gasteiger partial charge < -0.3 is 20.6 Å². The molecule has 1 fully saturated rings. The van der Waals surface area contributed by atoms with Crippen LogP contribution in [0.1, 0.15) is 59.3 Å². The van der Waals surface area contributed by atoms with Gasteiger partial charge in [0.05, 0.1) is 12.6 Å². The van der Waals surface area contributed by atoms with E-state index in [9.17, 15) is 9.59 Å². The van der Waals surface area contributed by atoms with Gasteiger partial charge >= 0.3 is 0 Å². The lowest BCUT2D eigenvalue weighted by Crippen LogP contribution is -2.46. The van der Waals surface area contributed by atoms with Crippen LogP contribution >= 0.6 is 0 Å². The van der Waals surface area contributed by atoms with Crippen molar-refractivity contribution in [1.29, 1.82) is 0 Å². The first kappa shape index (κ1) is 22.3. The van der Waals surface area contributed by atoms with Crippen molar-refractivity contribution in [2.45, 2.75) is 65.3 Å². The molecule has 0 aromatic rings. The lowest BCUT2D eigenvalue weighted by molar-refractivity contribution is -0.124. The van der Waals surface area contributed by atoms with Crippen LogP contribution in [0.2, 0.25) is 0 Å². The maximum atomic E-state index is 10.8. The Morgan fingerprint density at radius 3 is 1.67 bits per heavy atom. The number of nitrogens with two attached hydrogens (primary N) is 1. The topological polar surface area (TPSA) is 81.4 Å². The monoisotopic (exact) mass is 302 g/mol. The Balaban J connectivity index is 0. The molecular weight excluding hydrogens is 268 g/mol. The minimum Gasteiger partial charge on any atom is -0.388 e. The minimum absolute atomic E-state index is 0.0829. The van der Waals surface area contributed by atoms with E-state index in [2.05, 4.69) is 10.1 Å². The third-order valence-electron chi connectivity index (χ3n) is 3.07. The molecule has 5 nitrogen and oxygen atoms in total. The summed E-state index contributed by atoms with van der Waals surface area (Å²) in [6.07, 6.45) is 9.73. The van der Waals surface area contributed by atoms with Crippen molar-refractivity contribution in [3.8, 4) is 0 Å². The summed E-state index contributed by atoms with van der Waals surface area (Å²) in [7, 11) is 3.25. The van der Waals surface area contributed by atoms with Crippen molar-refractivity contribution < 1.29 is 14.3 Å². The number of nitrogens with one attached hydrogen (secondary N) is 1. The van der Waals surface area contributed by atoms with Crippen LogP contribution in [-0.4, -0.2) is 39.0 Å². The molecule has 1 aliphatic carbocycles. The summed E-state index contributed by atoms with van der Waals surface area (Å²) in [5.74, 6) is -0.304. The smallest absolute Gasteiger partial charge is 0.234 e. The van der Waals surface area contributed by atoms with Crippen molar-refractivity contribution in [3.63, 3.8) is 0 Å². The molecule has 0 heterocycles. The largest absolute Gasteiger partial charge is 0.388 e. The van der Waals surface area contributed by atoms with E-state index in [0.717, 1.165) is 6.29 Å². The van der Waals surface area contributed by atoms with E-state index in [4.69, 9.17) is 5.73 Å². The molecule has 0 radical (unpaired) electrons. The second-order valence-electron chi connectivity index (χ2n) is 6.28. The van der Waals surface area contributed by atoms with Gasteiger partial charge in [0, 0.05) is 14.2 Å². The molecule has 1 unspecified atom stereocenters. The Kier molecular flexibility index (Phi) is 14.9. The molecule has 0 spiro atoms. The number of amides is 1. The van der Waals surface area contributed by atoms with Gasteiger partial charge in [-0.1, -0.05) is 59.3 Å².